The van der Waals surface area contributed by atoms with Crippen molar-refractivity contribution in [3.8, 4) is 0 Å². The number of pyridine rings is 1. The molecule has 0 bridgehead atoms. The molecule has 0 amide bonds. The summed E-state index contributed by atoms with van der Waals surface area (Å²) in [4.78, 5) is 27.7. The molecule has 3 rings (SSSR count). The summed E-state index contributed by atoms with van der Waals surface area (Å²) in [6.07, 6.45) is 1.19. The van der Waals surface area contributed by atoms with Gasteiger partial charge in [0.15, 0.2) is 5.78 Å². The molecule has 2 aromatic rings. The van der Waals surface area contributed by atoms with Crippen LogP contribution < -0.4 is 0 Å². The third-order valence-electron chi connectivity index (χ3n) is 3.74. The molecule has 1 aromatic heterocycles. The van der Waals surface area contributed by atoms with E-state index in [-0.39, 0.29) is 17.3 Å². The number of allylic oxidation sites excluding steroid dienone is 1. The zero-order valence-electron chi connectivity index (χ0n) is 11.2. The fraction of sp³-hybridized carbons (Fsp3) is 0.188. The zero-order chi connectivity index (χ0) is 14.4. The summed E-state index contributed by atoms with van der Waals surface area (Å²) in [5, 5.41) is 10.2. The Morgan fingerprint density at radius 1 is 1.35 bits per heavy atom. The van der Waals surface area contributed by atoms with Crippen molar-refractivity contribution in [2.45, 2.75) is 19.8 Å². The standard InChI is InChI=1S/C16H13NO3/c1-8-4-3-5-10-6-11-9(2)13(18)7-12(16(19)20)15(11)17-14(8)10/h3-7,9H,1-2H3,(H,19,20). The lowest BCUT2D eigenvalue weighted by Crippen LogP contribution is -2.19. The molecule has 0 spiro atoms. The predicted octanol–water partition coefficient (Wildman–Crippen LogP) is 2.70. The zero-order valence-corrected chi connectivity index (χ0v) is 11.2. The van der Waals surface area contributed by atoms with Crippen LogP contribution in [-0.2, 0) is 9.59 Å². The van der Waals surface area contributed by atoms with E-state index in [1.165, 1.54) is 6.08 Å². The molecule has 0 fully saturated rings. The molecule has 1 heterocycles. The number of hydrogen-bond donors (Lipinski definition) is 1. The normalized spacial score (nSPS) is 17.8. The van der Waals surface area contributed by atoms with Gasteiger partial charge in [0, 0.05) is 11.3 Å². The quantitative estimate of drug-likeness (QED) is 0.862. The highest BCUT2D eigenvalue weighted by molar-refractivity contribution is 6.23. The van der Waals surface area contributed by atoms with Crippen LogP contribution in [0, 0.1) is 6.92 Å². The Hall–Kier alpha value is -2.49. The van der Waals surface area contributed by atoms with E-state index in [4.69, 9.17) is 0 Å². The average Bonchev–Trinajstić information content (AvgIpc) is 2.42. The third-order valence-corrected chi connectivity index (χ3v) is 3.74. The Balaban J connectivity index is 2.38. The first-order chi connectivity index (χ1) is 9.49. The van der Waals surface area contributed by atoms with Gasteiger partial charge in [0.05, 0.1) is 16.8 Å². The summed E-state index contributed by atoms with van der Waals surface area (Å²) in [6, 6.07) is 7.66. The van der Waals surface area contributed by atoms with Crippen LogP contribution >= 0.6 is 0 Å². The monoisotopic (exact) mass is 267 g/mol. The second-order valence-corrected chi connectivity index (χ2v) is 5.06. The minimum atomic E-state index is -1.12. The van der Waals surface area contributed by atoms with Crippen LogP contribution in [0.4, 0.5) is 0 Å². The number of carboxylic acid groups (broad SMARTS) is 1. The highest BCUT2D eigenvalue weighted by Crippen LogP contribution is 2.34. The molecule has 100 valence electrons. The lowest BCUT2D eigenvalue weighted by molar-refractivity contribution is -0.130. The largest absolute Gasteiger partial charge is 0.478 e. The maximum absolute atomic E-state index is 11.9. The van der Waals surface area contributed by atoms with Crippen molar-refractivity contribution < 1.29 is 14.7 Å². The van der Waals surface area contributed by atoms with Gasteiger partial charge in [-0.1, -0.05) is 25.1 Å². The maximum Gasteiger partial charge on any atom is 0.338 e. The number of nitrogens with zero attached hydrogens (tertiary/aromatic N) is 1. The lowest BCUT2D eigenvalue weighted by Gasteiger charge is -2.20. The van der Waals surface area contributed by atoms with Crippen LogP contribution in [0.5, 0.6) is 0 Å². The number of rotatable bonds is 1. The van der Waals surface area contributed by atoms with Crippen LogP contribution in [0.2, 0.25) is 0 Å². The number of aryl methyl sites for hydroxylation is 1. The number of carboxylic acids is 1. The van der Waals surface area contributed by atoms with Crippen LogP contribution in [0.3, 0.4) is 0 Å². The fourth-order valence-corrected chi connectivity index (χ4v) is 2.56. The third kappa shape index (κ3) is 1.72. The van der Waals surface area contributed by atoms with Crippen molar-refractivity contribution in [1.29, 1.82) is 0 Å². The minimum Gasteiger partial charge on any atom is -0.478 e. The van der Waals surface area contributed by atoms with Gasteiger partial charge in [0.2, 0.25) is 0 Å². The van der Waals surface area contributed by atoms with E-state index in [0.717, 1.165) is 16.5 Å². The van der Waals surface area contributed by atoms with Crippen molar-refractivity contribution >= 4 is 28.2 Å². The Kier molecular flexibility index (Phi) is 2.67. The summed E-state index contributed by atoms with van der Waals surface area (Å²) in [6.45, 7) is 3.71. The average molecular weight is 267 g/mol. The number of carbonyl (C=O) groups is 2. The molecule has 1 aromatic carbocycles. The van der Waals surface area contributed by atoms with Crippen LogP contribution in [0.25, 0.3) is 16.5 Å². The summed E-state index contributed by atoms with van der Waals surface area (Å²) in [5.41, 5.74) is 2.84. The summed E-state index contributed by atoms with van der Waals surface area (Å²) >= 11 is 0. The van der Waals surface area contributed by atoms with E-state index in [1.54, 1.807) is 6.92 Å². The molecule has 0 saturated carbocycles. The molecule has 0 saturated heterocycles. The predicted molar refractivity (Wildman–Crippen MR) is 75.5 cm³/mol. The first kappa shape index (κ1) is 12.5. The fourth-order valence-electron chi connectivity index (χ4n) is 2.56. The highest BCUT2D eigenvalue weighted by atomic mass is 16.4. The minimum absolute atomic E-state index is 0.0201. The molecule has 1 N–H and O–H groups in total. The van der Waals surface area contributed by atoms with Crippen molar-refractivity contribution in [3.63, 3.8) is 0 Å². The molecular formula is C16H13NO3. The maximum atomic E-state index is 11.9. The van der Waals surface area contributed by atoms with Gasteiger partial charge in [-0.05, 0) is 30.2 Å². The van der Waals surface area contributed by atoms with Gasteiger partial charge >= 0.3 is 5.97 Å². The van der Waals surface area contributed by atoms with Crippen molar-refractivity contribution in [1.82, 2.24) is 4.98 Å². The first-order valence-electron chi connectivity index (χ1n) is 6.38. The van der Waals surface area contributed by atoms with Gasteiger partial charge < -0.3 is 5.11 Å². The van der Waals surface area contributed by atoms with Crippen LogP contribution in [-0.4, -0.2) is 21.8 Å². The SMILES string of the molecule is Cc1cccc2cc3c(nc12)C(C(=O)O)=CC(=O)C3C. The molecule has 4 nitrogen and oxygen atoms in total. The van der Waals surface area contributed by atoms with Crippen LogP contribution in [0.1, 0.15) is 29.7 Å². The van der Waals surface area contributed by atoms with Gasteiger partial charge in [-0.15, -0.1) is 0 Å². The molecule has 0 radical (unpaired) electrons. The number of para-hydroxylation sites is 1. The van der Waals surface area contributed by atoms with Gasteiger partial charge in [0.25, 0.3) is 0 Å². The number of ketones is 1. The van der Waals surface area contributed by atoms with E-state index in [0.29, 0.717) is 11.3 Å². The number of aliphatic carboxylic acids is 1. The Morgan fingerprint density at radius 3 is 2.80 bits per heavy atom. The van der Waals surface area contributed by atoms with Crippen molar-refractivity contribution in [3.05, 3.63) is 47.2 Å². The van der Waals surface area contributed by atoms with E-state index >= 15 is 0 Å². The van der Waals surface area contributed by atoms with Gasteiger partial charge in [-0.25, -0.2) is 9.78 Å². The van der Waals surface area contributed by atoms with Gasteiger partial charge in [0.1, 0.15) is 0 Å². The van der Waals surface area contributed by atoms with Crippen LogP contribution in [0.15, 0.2) is 30.3 Å². The van der Waals surface area contributed by atoms with Gasteiger partial charge in [-0.2, -0.15) is 0 Å². The summed E-state index contributed by atoms with van der Waals surface area (Å²) in [7, 11) is 0. The molecule has 1 atom stereocenters. The molecular weight excluding hydrogens is 254 g/mol. The second kappa shape index (κ2) is 4.27. The molecule has 20 heavy (non-hydrogen) atoms. The van der Waals surface area contributed by atoms with Crippen molar-refractivity contribution in [2.75, 3.05) is 0 Å². The second-order valence-electron chi connectivity index (χ2n) is 5.06. The molecule has 1 unspecified atom stereocenters. The lowest BCUT2D eigenvalue weighted by atomic mass is 9.85. The molecule has 1 aliphatic carbocycles. The molecule has 4 heteroatoms. The Labute approximate surface area is 115 Å². The topological polar surface area (TPSA) is 67.3 Å². The van der Waals surface area contributed by atoms with E-state index < -0.39 is 5.97 Å². The summed E-state index contributed by atoms with van der Waals surface area (Å²) < 4.78 is 0. The number of carbonyl (C=O) groups excluding carboxylic acids is 1. The Bertz CT molecular complexity index is 790. The molecule has 1 aliphatic rings. The number of fused-ring (bicyclic) bond motifs is 2. The molecule has 0 aliphatic heterocycles. The smallest absolute Gasteiger partial charge is 0.338 e. The van der Waals surface area contributed by atoms with Gasteiger partial charge in [-0.3, -0.25) is 4.79 Å². The van der Waals surface area contributed by atoms with E-state index in [2.05, 4.69) is 4.98 Å². The van der Waals surface area contributed by atoms with Crippen molar-refractivity contribution in [2.24, 2.45) is 0 Å². The number of benzene rings is 1. The highest BCUT2D eigenvalue weighted by Gasteiger charge is 2.29. The Morgan fingerprint density at radius 2 is 2.10 bits per heavy atom. The summed E-state index contributed by atoms with van der Waals surface area (Å²) in [5.74, 6) is -1.67. The number of hydrogen-bond acceptors (Lipinski definition) is 3. The first-order valence-corrected chi connectivity index (χ1v) is 6.38. The van der Waals surface area contributed by atoms with E-state index in [9.17, 15) is 14.7 Å². The number of aromatic nitrogens is 1. The van der Waals surface area contributed by atoms with E-state index in [1.807, 2.05) is 31.2 Å².